The second-order valence-corrected chi connectivity index (χ2v) is 4.37. The van der Waals surface area contributed by atoms with Crippen molar-refractivity contribution in [3.63, 3.8) is 0 Å². The van der Waals surface area contributed by atoms with Crippen LogP contribution in [0.25, 0.3) is 10.8 Å². The second kappa shape index (κ2) is 5.57. The first kappa shape index (κ1) is 15.0. The summed E-state index contributed by atoms with van der Waals surface area (Å²) in [5.41, 5.74) is -0.692. The molecule has 0 aliphatic carbocycles. The zero-order valence-corrected chi connectivity index (χ0v) is 10.6. The number of carbonyl (C=O) groups excluding carboxylic acids is 1. The number of aromatic nitrogens is 1. The van der Waals surface area contributed by atoms with E-state index in [9.17, 15) is 22.8 Å². The molecule has 21 heavy (non-hydrogen) atoms. The molecule has 1 heterocycles. The third-order valence-corrected chi connectivity index (χ3v) is 2.83. The van der Waals surface area contributed by atoms with E-state index in [0.29, 0.717) is 10.8 Å². The van der Waals surface area contributed by atoms with Crippen LogP contribution in [0, 0.1) is 0 Å². The number of alkyl halides is 3. The van der Waals surface area contributed by atoms with Gasteiger partial charge in [0.15, 0.2) is 6.10 Å². The highest BCUT2D eigenvalue weighted by molar-refractivity contribution is 5.96. The van der Waals surface area contributed by atoms with Gasteiger partial charge in [-0.05, 0) is 17.5 Å². The second-order valence-electron chi connectivity index (χ2n) is 4.37. The van der Waals surface area contributed by atoms with Gasteiger partial charge in [0.1, 0.15) is 5.69 Å². The Bertz CT molecular complexity index is 724. The molecule has 2 rings (SSSR count). The summed E-state index contributed by atoms with van der Waals surface area (Å²) in [4.78, 5) is 25.7. The molecular formula is C13H11F3N2O3. The number of halogens is 3. The van der Waals surface area contributed by atoms with E-state index in [-0.39, 0.29) is 5.69 Å². The quantitative estimate of drug-likeness (QED) is 0.796. The first-order valence-electron chi connectivity index (χ1n) is 5.94. The van der Waals surface area contributed by atoms with Gasteiger partial charge in [-0.1, -0.05) is 18.2 Å². The summed E-state index contributed by atoms with van der Waals surface area (Å²) < 4.78 is 36.3. The summed E-state index contributed by atoms with van der Waals surface area (Å²) in [6.45, 7) is -0.989. The Hall–Kier alpha value is -2.35. The SMILES string of the molecule is O=C(NCC(O)C(F)(F)F)c1cc2ccccc2c(=O)[nH]1. The molecule has 0 spiro atoms. The number of fused-ring (bicyclic) bond motifs is 1. The Labute approximate surface area is 116 Å². The van der Waals surface area contributed by atoms with Gasteiger partial charge in [-0.25, -0.2) is 0 Å². The number of nitrogens with one attached hydrogen (secondary N) is 2. The third-order valence-electron chi connectivity index (χ3n) is 2.83. The minimum Gasteiger partial charge on any atom is -0.382 e. The number of pyridine rings is 1. The number of aromatic amines is 1. The molecule has 5 nitrogen and oxygen atoms in total. The number of rotatable bonds is 3. The number of carbonyl (C=O) groups is 1. The molecule has 1 amide bonds. The Morgan fingerprint density at radius 3 is 2.67 bits per heavy atom. The fraction of sp³-hybridized carbons (Fsp3) is 0.231. The number of H-pyrrole nitrogens is 1. The molecule has 0 saturated carbocycles. The zero-order valence-electron chi connectivity index (χ0n) is 10.6. The third kappa shape index (κ3) is 3.40. The first-order chi connectivity index (χ1) is 9.79. The maximum absolute atomic E-state index is 12.1. The van der Waals surface area contributed by atoms with Crippen LogP contribution >= 0.6 is 0 Å². The first-order valence-corrected chi connectivity index (χ1v) is 5.94. The Morgan fingerprint density at radius 1 is 1.33 bits per heavy atom. The molecule has 8 heteroatoms. The summed E-state index contributed by atoms with van der Waals surface area (Å²) in [7, 11) is 0. The number of aliphatic hydroxyl groups excluding tert-OH is 1. The standard InChI is InChI=1S/C13H11F3N2O3/c14-13(15,16)10(19)6-17-12(21)9-5-7-3-1-2-4-8(7)11(20)18-9/h1-5,10,19H,6H2,(H,17,21)(H,18,20). The van der Waals surface area contributed by atoms with Crippen molar-refractivity contribution >= 4 is 16.7 Å². The lowest BCUT2D eigenvalue weighted by Gasteiger charge is -2.15. The normalized spacial score (nSPS) is 13.1. The molecule has 0 aliphatic rings. The van der Waals surface area contributed by atoms with Crippen molar-refractivity contribution < 1.29 is 23.1 Å². The molecule has 3 N–H and O–H groups in total. The Balaban J connectivity index is 2.19. The number of hydrogen-bond donors (Lipinski definition) is 3. The molecule has 1 aromatic carbocycles. The summed E-state index contributed by atoms with van der Waals surface area (Å²) in [6.07, 6.45) is -7.47. The maximum atomic E-state index is 12.1. The van der Waals surface area contributed by atoms with E-state index >= 15 is 0 Å². The van der Waals surface area contributed by atoms with Crippen molar-refractivity contribution in [2.45, 2.75) is 12.3 Å². The fourth-order valence-electron chi connectivity index (χ4n) is 1.73. The van der Waals surface area contributed by atoms with Crippen molar-refractivity contribution in [2.75, 3.05) is 6.54 Å². The van der Waals surface area contributed by atoms with Gasteiger partial charge in [0.25, 0.3) is 11.5 Å². The molecule has 1 unspecified atom stereocenters. The van der Waals surface area contributed by atoms with Gasteiger partial charge in [-0.15, -0.1) is 0 Å². The molecule has 0 fully saturated rings. The average Bonchev–Trinajstić information content (AvgIpc) is 2.43. The van der Waals surface area contributed by atoms with Crippen LogP contribution < -0.4 is 10.9 Å². The van der Waals surface area contributed by atoms with Gasteiger partial charge in [-0.3, -0.25) is 9.59 Å². The summed E-state index contributed by atoms with van der Waals surface area (Å²) in [5.74, 6) is -0.902. The maximum Gasteiger partial charge on any atom is 0.416 e. The molecule has 0 bridgehead atoms. The van der Waals surface area contributed by atoms with Gasteiger partial charge in [0.2, 0.25) is 0 Å². The predicted octanol–water partition coefficient (Wildman–Crippen LogP) is 1.18. The Morgan fingerprint density at radius 2 is 2.00 bits per heavy atom. The summed E-state index contributed by atoms with van der Waals surface area (Å²) in [6, 6.07) is 7.83. The zero-order chi connectivity index (χ0) is 15.6. The minimum absolute atomic E-state index is 0.173. The van der Waals surface area contributed by atoms with Crippen molar-refractivity contribution in [1.82, 2.24) is 10.3 Å². The average molecular weight is 300 g/mol. The predicted molar refractivity (Wildman–Crippen MR) is 69.0 cm³/mol. The summed E-state index contributed by atoms with van der Waals surface area (Å²) >= 11 is 0. The van der Waals surface area contributed by atoms with Gasteiger partial charge >= 0.3 is 6.18 Å². The fourth-order valence-corrected chi connectivity index (χ4v) is 1.73. The van der Waals surface area contributed by atoms with E-state index in [1.165, 1.54) is 6.07 Å². The smallest absolute Gasteiger partial charge is 0.382 e. The number of aliphatic hydroxyl groups is 1. The van der Waals surface area contributed by atoms with Crippen molar-refractivity contribution in [3.8, 4) is 0 Å². The van der Waals surface area contributed by atoms with Crippen LogP contribution in [0.4, 0.5) is 13.2 Å². The van der Waals surface area contributed by atoms with E-state index in [1.54, 1.807) is 24.3 Å². The number of hydrogen-bond acceptors (Lipinski definition) is 3. The van der Waals surface area contributed by atoms with Crippen LogP contribution in [0.3, 0.4) is 0 Å². The van der Waals surface area contributed by atoms with Crippen LogP contribution in [-0.4, -0.2) is 34.8 Å². The molecule has 112 valence electrons. The van der Waals surface area contributed by atoms with E-state index in [4.69, 9.17) is 5.11 Å². The monoisotopic (exact) mass is 300 g/mol. The van der Waals surface area contributed by atoms with E-state index in [0.717, 1.165) is 0 Å². The molecule has 2 aromatic rings. The van der Waals surface area contributed by atoms with Crippen molar-refractivity contribution in [2.24, 2.45) is 0 Å². The largest absolute Gasteiger partial charge is 0.416 e. The van der Waals surface area contributed by atoms with Crippen LogP contribution in [0.1, 0.15) is 10.5 Å². The minimum atomic E-state index is -4.82. The van der Waals surface area contributed by atoms with Crippen LogP contribution in [0.5, 0.6) is 0 Å². The van der Waals surface area contributed by atoms with Gasteiger partial charge < -0.3 is 15.4 Å². The van der Waals surface area contributed by atoms with Gasteiger partial charge in [-0.2, -0.15) is 13.2 Å². The number of amides is 1. The van der Waals surface area contributed by atoms with E-state index in [2.05, 4.69) is 4.98 Å². The highest BCUT2D eigenvalue weighted by atomic mass is 19.4. The van der Waals surface area contributed by atoms with Crippen molar-refractivity contribution in [1.29, 1.82) is 0 Å². The molecule has 1 aromatic heterocycles. The lowest BCUT2D eigenvalue weighted by atomic mass is 10.1. The molecule has 0 saturated heterocycles. The van der Waals surface area contributed by atoms with Gasteiger partial charge in [0, 0.05) is 5.39 Å². The highest BCUT2D eigenvalue weighted by Gasteiger charge is 2.38. The van der Waals surface area contributed by atoms with Crippen LogP contribution in [0.15, 0.2) is 35.1 Å². The highest BCUT2D eigenvalue weighted by Crippen LogP contribution is 2.19. The molecule has 1 atom stereocenters. The van der Waals surface area contributed by atoms with Crippen LogP contribution in [-0.2, 0) is 0 Å². The number of benzene rings is 1. The molecule has 0 aliphatic heterocycles. The lowest BCUT2D eigenvalue weighted by Crippen LogP contribution is -2.41. The van der Waals surface area contributed by atoms with Crippen molar-refractivity contribution in [3.05, 3.63) is 46.4 Å². The lowest BCUT2D eigenvalue weighted by molar-refractivity contribution is -0.201. The topological polar surface area (TPSA) is 82.2 Å². The molecular weight excluding hydrogens is 289 g/mol. The Kier molecular flexibility index (Phi) is 3.99. The van der Waals surface area contributed by atoms with E-state index < -0.39 is 30.3 Å². The summed E-state index contributed by atoms with van der Waals surface area (Å²) in [5, 5.41) is 11.6. The van der Waals surface area contributed by atoms with E-state index in [1.807, 2.05) is 5.32 Å². The van der Waals surface area contributed by atoms with Gasteiger partial charge in [0.05, 0.1) is 6.54 Å². The molecule has 0 radical (unpaired) electrons. The van der Waals surface area contributed by atoms with Crippen LogP contribution in [0.2, 0.25) is 0 Å².